The number of benzene rings is 1. The van der Waals surface area contributed by atoms with Crippen LogP contribution < -0.4 is 0 Å². The number of H-pyrrole nitrogens is 1. The van der Waals surface area contributed by atoms with Crippen molar-refractivity contribution < 1.29 is 19.8 Å². The van der Waals surface area contributed by atoms with Crippen molar-refractivity contribution in [3.63, 3.8) is 0 Å². The van der Waals surface area contributed by atoms with E-state index >= 15 is 0 Å². The minimum absolute atomic E-state index is 0.234. The number of aliphatic hydroxyl groups excluding tert-OH is 1. The van der Waals surface area contributed by atoms with Gasteiger partial charge in [0.2, 0.25) is 5.91 Å². The van der Waals surface area contributed by atoms with Gasteiger partial charge in [0.15, 0.2) is 6.04 Å². The van der Waals surface area contributed by atoms with Gasteiger partial charge in [-0.05, 0) is 31.9 Å². The van der Waals surface area contributed by atoms with Crippen LogP contribution in [0, 0.1) is 0 Å². The van der Waals surface area contributed by atoms with Gasteiger partial charge in [0.05, 0.1) is 18.3 Å². The van der Waals surface area contributed by atoms with Crippen molar-refractivity contribution in [3.8, 4) is 0 Å². The lowest BCUT2D eigenvalue weighted by Crippen LogP contribution is -2.57. The lowest BCUT2D eigenvalue weighted by Gasteiger charge is -2.41. The van der Waals surface area contributed by atoms with Gasteiger partial charge in [-0.2, -0.15) is 0 Å². The Labute approximate surface area is 144 Å². The fourth-order valence-electron chi connectivity index (χ4n) is 4.38. The summed E-state index contributed by atoms with van der Waals surface area (Å²) in [7, 11) is 0. The highest BCUT2D eigenvalue weighted by Gasteiger charge is 2.56. The second-order valence-corrected chi connectivity index (χ2v) is 7.21. The molecule has 1 amide bonds. The van der Waals surface area contributed by atoms with Gasteiger partial charge in [-0.15, -0.1) is 0 Å². The summed E-state index contributed by atoms with van der Waals surface area (Å²) >= 11 is 0. The van der Waals surface area contributed by atoms with Crippen molar-refractivity contribution in [2.75, 3.05) is 6.61 Å². The number of carbonyl (C=O) groups is 2. The number of aliphatic carboxylic acids is 1. The highest BCUT2D eigenvalue weighted by atomic mass is 16.4. The van der Waals surface area contributed by atoms with E-state index in [-0.39, 0.29) is 5.91 Å². The standard InChI is InChI=1S/C18H21N3O4/c1-18(2)20-8-13-11(10-5-3-4-6-12(10)19-13)7-14(20)16(23)21(18)15(9-22)17(24)25/h3-6,14-15,19,22H,7-9H2,1-2H3,(H,24,25)/t14-,15-/m0/s1. The van der Waals surface area contributed by atoms with Crippen molar-refractivity contribution in [1.82, 2.24) is 14.8 Å². The maximum absolute atomic E-state index is 13.0. The number of amides is 1. The van der Waals surface area contributed by atoms with Gasteiger partial charge in [0.1, 0.15) is 0 Å². The molecule has 3 N–H and O–H groups in total. The second-order valence-electron chi connectivity index (χ2n) is 7.21. The Morgan fingerprint density at radius 1 is 1.40 bits per heavy atom. The molecule has 2 aliphatic rings. The SMILES string of the molecule is CC1(C)N2Cc3[nH]c4ccccc4c3C[C@H]2C(=O)N1[C@@H](CO)C(=O)O. The highest BCUT2D eigenvalue weighted by Crippen LogP contribution is 2.41. The first-order valence-electron chi connectivity index (χ1n) is 8.38. The zero-order valence-corrected chi connectivity index (χ0v) is 14.2. The average molecular weight is 343 g/mol. The number of aliphatic hydroxyl groups is 1. The Balaban J connectivity index is 1.77. The maximum Gasteiger partial charge on any atom is 0.328 e. The molecule has 1 aromatic carbocycles. The van der Waals surface area contributed by atoms with Crippen LogP contribution in [-0.4, -0.2) is 61.2 Å². The summed E-state index contributed by atoms with van der Waals surface area (Å²) in [6.45, 7) is 3.62. The zero-order valence-electron chi connectivity index (χ0n) is 14.2. The maximum atomic E-state index is 13.0. The summed E-state index contributed by atoms with van der Waals surface area (Å²) in [6, 6.07) is 6.36. The molecule has 7 heteroatoms. The van der Waals surface area contributed by atoms with Crippen molar-refractivity contribution in [3.05, 3.63) is 35.5 Å². The molecule has 1 aromatic heterocycles. The molecule has 0 spiro atoms. The van der Waals surface area contributed by atoms with Gasteiger partial charge >= 0.3 is 5.97 Å². The fraction of sp³-hybridized carbons (Fsp3) is 0.444. The molecule has 0 radical (unpaired) electrons. The third-order valence-electron chi connectivity index (χ3n) is 5.59. The molecule has 0 unspecified atom stereocenters. The van der Waals surface area contributed by atoms with Gasteiger partial charge < -0.3 is 20.1 Å². The van der Waals surface area contributed by atoms with Gasteiger partial charge in [-0.25, -0.2) is 4.79 Å². The van der Waals surface area contributed by atoms with E-state index in [1.165, 1.54) is 4.90 Å². The molecule has 0 aliphatic carbocycles. The molecule has 132 valence electrons. The lowest BCUT2D eigenvalue weighted by atomic mass is 9.96. The van der Waals surface area contributed by atoms with E-state index in [0.29, 0.717) is 13.0 Å². The Hall–Kier alpha value is -2.38. The number of para-hydroxylation sites is 1. The summed E-state index contributed by atoms with van der Waals surface area (Å²) in [6.07, 6.45) is 0.538. The molecule has 1 saturated heterocycles. The van der Waals surface area contributed by atoms with Gasteiger partial charge in [-0.3, -0.25) is 9.69 Å². The number of fused-ring (bicyclic) bond motifs is 4. The molecule has 2 aromatic rings. The zero-order chi connectivity index (χ0) is 17.9. The first-order chi connectivity index (χ1) is 11.9. The molecular weight excluding hydrogens is 322 g/mol. The van der Waals surface area contributed by atoms with Crippen molar-refractivity contribution in [2.45, 2.75) is 44.6 Å². The van der Waals surface area contributed by atoms with E-state index in [0.717, 1.165) is 22.2 Å². The summed E-state index contributed by atoms with van der Waals surface area (Å²) < 4.78 is 0. The van der Waals surface area contributed by atoms with Crippen molar-refractivity contribution in [1.29, 1.82) is 0 Å². The second kappa shape index (κ2) is 5.31. The Kier molecular flexibility index (Phi) is 3.42. The number of aromatic nitrogens is 1. The minimum atomic E-state index is -1.23. The number of hydrogen-bond donors (Lipinski definition) is 3. The monoisotopic (exact) mass is 343 g/mol. The number of carboxylic acids is 1. The van der Waals surface area contributed by atoms with E-state index in [9.17, 15) is 19.8 Å². The van der Waals surface area contributed by atoms with Crippen LogP contribution in [-0.2, 0) is 22.6 Å². The van der Waals surface area contributed by atoms with E-state index in [4.69, 9.17) is 0 Å². The van der Waals surface area contributed by atoms with Gasteiger partial charge in [0, 0.05) is 23.1 Å². The fourth-order valence-corrected chi connectivity index (χ4v) is 4.38. The van der Waals surface area contributed by atoms with E-state index < -0.39 is 30.3 Å². The molecule has 3 heterocycles. The lowest BCUT2D eigenvalue weighted by molar-refractivity contribution is -0.155. The summed E-state index contributed by atoms with van der Waals surface area (Å²) in [4.78, 5) is 31.3. The molecule has 4 rings (SSSR count). The number of rotatable bonds is 3. The van der Waals surface area contributed by atoms with Crippen LogP contribution >= 0.6 is 0 Å². The van der Waals surface area contributed by atoms with Crippen LogP contribution in [0.5, 0.6) is 0 Å². The highest BCUT2D eigenvalue weighted by molar-refractivity contribution is 5.92. The summed E-state index contributed by atoms with van der Waals surface area (Å²) in [5.74, 6) is -1.42. The Bertz CT molecular complexity index is 872. The smallest absolute Gasteiger partial charge is 0.328 e. The minimum Gasteiger partial charge on any atom is -0.480 e. The van der Waals surface area contributed by atoms with Crippen LogP contribution in [0.1, 0.15) is 25.1 Å². The molecule has 1 fully saturated rings. The van der Waals surface area contributed by atoms with Crippen LogP contribution in [0.4, 0.5) is 0 Å². The molecule has 2 aliphatic heterocycles. The van der Waals surface area contributed by atoms with Crippen LogP contribution in [0.2, 0.25) is 0 Å². The third kappa shape index (κ3) is 2.12. The van der Waals surface area contributed by atoms with Crippen LogP contribution in [0.3, 0.4) is 0 Å². The predicted molar refractivity (Wildman–Crippen MR) is 90.8 cm³/mol. The average Bonchev–Trinajstić information content (AvgIpc) is 3.02. The predicted octanol–water partition coefficient (Wildman–Crippen LogP) is 0.918. The van der Waals surface area contributed by atoms with E-state index in [2.05, 4.69) is 4.98 Å². The van der Waals surface area contributed by atoms with E-state index in [1.54, 1.807) is 0 Å². The topological polar surface area (TPSA) is 96.9 Å². The first kappa shape index (κ1) is 16.1. The first-order valence-corrected chi connectivity index (χ1v) is 8.38. The Morgan fingerprint density at radius 2 is 2.12 bits per heavy atom. The number of hydrogen-bond acceptors (Lipinski definition) is 4. The number of nitrogens with zero attached hydrogens (tertiary/aromatic N) is 2. The largest absolute Gasteiger partial charge is 0.480 e. The number of carboxylic acid groups (broad SMARTS) is 1. The number of nitrogens with one attached hydrogen (secondary N) is 1. The van der Waals surface area contributed by atoms with Crippen LogP contribution in [0.15, 0.2) is 24.3 Å². The molecule has 0 saturated carbocycles. The van der Waals surface area contributed by atoms with E-state index in [1.807, 2.05) is 43.0 Å². The molecule has 25 heavy (non-hydrogen) atoms. The molecule has 7 nitrogen and oxygen atoms in total. The van der Waals surface area contributed by atoms with Gasteiger partial charge in [0.25, 0.3) is 0 Å². The van der Waals surface area contributed by atoms with Crippen LogP contribution in [0.25, 0.3) is 10.9 Å². The summed E-state index contributed by atoms with van der Waals surface area (Å²) in [5, 5.41) is 20.0. The summed E-state index contributed by atoms with van der Waals surface area (Å²) in [5.41, 5.74) is 2.45. The van der Waals surface area contributed by atoms with Crippen molar-refractivity contribution >= 4 is 22.8 Å². The number of aromatic amines is 1. The third-order valence-corrected chi connectivity index (χ3v) is 5.59. The van der Waals surface area contributed by atoms with Gasteiger partial charge in [-0.1, -0.05) is 18.2 Å². The molecule has 2 atom stereocenters. The molecule has 0 bridgehead atoms. The quantitative estimate of drug-likeness (QED) is 0.770. The van der Waals surface area contributed by atoms with Crippen molar-refractivity contribution in [2.24, 2.45) is 0 Å². The normalized spacial score (nSPS) is 23.6. The molecular formula is C18H21N3O4. The number of carbonyl (C=O) groups excluding carboxylic acids is 1. The Morgan fingerprint density at radius 3 is 2.80 bits per heavy atom.